The standard InChI is InChI=1S/C10H14ClN3O4S/c1-3-4-5-6-19(16,17)14-9-7(11)8(12-13-9)10(15)18-2/h3H,1,4-6H2,2H3,(H2,12,13,14). The Labute approximate surface area is 116 Å². The number of ether oxygens (including phenoxy) is 1. The van der Waals surface area contributed by atoms with E-state index in [1.165, 1.54) is 7.11 Å². The van der Waals surface area contributed by atoms with Gasteiger partial charge in [-0.3, -0.25) is 9.82 Å². The molecule has 0 aliphatic carbocycles. The van der Waals surface area contributed by atoms with Crippen molar-refractivity contribution < 1.29 is 17.9 Å². The van der Waals surface area contributed by atoms with Crippen LogP contribution in [0.3, 0.4) is 0 Å². The normalized spacial score (nSPS) is 11.1. The van der Waals surface area contributed by atoms with E-state index in [0.717, 1.165) is 0 Å². The summed E-state index contributed by atoms with van der Waals surface area (Å²) < 4.78 is 30.1. The lowest BCUT2D eigenvalue weighted by molar-refractivity contribution is 0.0594. The maximum absolute atomic E-state index is 11.7. The van der Waals surface area contributed by atoms with Gasteiger partial charge in [-0.1, -0.05) is 17.7 Å². The zero-order chi connectivity index (χ0) is 14.5. The van der Waals surface area contributed by atoms with E-state index in [0.29, 0.717) is 12.8 Å². The molecular weight excluding hydrogens is 294 g/mol. The Morgan fingerprint density at radius 2 is 2.32 bits per heavy atom. The first-order valence-electron chi connectivity index (χ1n) is 5.35. The molecule has 0 amide bonds. The van der Waals surface area contributed by atoms with Crippen LogP contribution in [0.25, 0.3) is 0 Å². The highest BCUT2D eigenvalue weighted by Gasteiger charge is 2.21. The van der Waals surface area contributed by atoms with Gasteiger partial charge in [0.05, 0.1) is 12.9 Å². The number of methoxy groups -OCH3 is 1. The number of hydrogen-bond acceptors (Lipinski definition) is 5. The van der Waals surface area contributed by atoms with Crippen molar-refractivity contribution in [2.75, 3.05) is 17.6 Å². The van der Waals surface area contributed by atoms with Crippen LogP contribution in [0.15, 0.2) is 12.7 Å². The van der Waals surface area contributed by atoms with Gasteiger partial charge in [0.2, 0.25) is 10.0 Å². The van der Waals surface area contributed by atoms with Gasteiger partial charge in [-0.05, 0) is 12.8 Å². The molecule has 0 aliphatic rings. The second-order valence-electron chi connectivity index (χ2n) is 3.60. The van der Waals surface area contributed by atoms with Crippen LogP contribution < -0.4 is 4.72 Å². The molecule has 0 spiro atoms. The Kier molecular flexibility index (Phi) is 5.37. The van der Waals surface area contributed by atoms with Crippen molar-refractivity contribution in [3.63, 3.8) is 0 Å². The van der Waals surface area contributed by atoms with E-state index in [9.17, 15) is 13.2 Å². The first kappa shape index (κ1) is 15.5. The average Bonchev–Trinajstić information content (AvgIpc) is 2.70. The van der Waals surface area contributed by atoms with Crippen molar-refractivity contribution in [3.8, 4) is 0 Å². The van der Waals surface area contributed by atoms with E-state index in [2.05, 4.69) is 26.2 Å². The summed E-state index contributed by atoms with van der Waals surface area (Å²) in [5.41, 5.74) is -0.104. The van der Waals surface area contributed by atoms with Gasteiger partial charge >= 0.3 is 5.97 Å². The smallest absolute Gasteiger partial charge is 0.357 e. The molecule has 9 heteroatoms. The topological polar surface area (TPSA) is 101 Å². The summed E-state index contributed by atoms with van der Waals surface area (Å²) in [6.07, 6.45) is 2.65. The van der Waals surface area contributed by atoms with E-state index in [4.69, 9.17) is 11.6 Å². The summed E-state index contributed by atoms with van der Waals surface area (Å²) in [5.74, 6) is -0.939. The van der Waals surface area contributed by atoms with E-state index >= 15 is 0 Å². The lowest BCUT2D eigenvalue weighted by Crippen LogP contribution is -2.17. The van der Waals surface area contributed by atoms with E-state index in [1.807, 2.05) is 0 Å². The lowest BCUT2D eigenvalue weighted by Gasteiger charge is -2.04. The van der Waals surface area contributed by atoms with Crippen molar-refractivity contribution in [2.45, 2.75) is 12.8 Å². The van der Waals surface area contributed by atoms with Gasteiger partial charge in [0.25, 0.3) is 0 Å². The van der Waals surface area contributed by atoms with Gasteiger partial charge in [0.1, 0.15) is 5.02 Å². The highest BCUT2D eigenvalue weighted by atomic mass is 35.5. The second-order valence-corrected chi connectivity index (χ2v) is 5.82. The first-order chi connectivity index (χ1) is 8.91. The van der Waals surface area contributed by atoms with Crippen LogP contribution in [-0.4, -0.2) is 37.4 Å². The zero-order valence-corrected chi connectivity index (χ0v) is 11.8. The number of carbonyl (C=O) groups is 1. The Balaban J connectivity index is 2.80. The molecule has 0 aliphatic heterocycles. The molecule has 0 saturated carbocycles. The number of hydrogen-bond donors (Lipinski definition) is 2. The number of carbonyl (C=O) groups excluding carboxylic acids is 1. The minimum Gasteiger partial charge on any atom is -0.464 e. The summed E-state index contributed by atoms with van der Waals surface area (Å²) >= 11 is 5.83. The predicted molar refractivity (Wildman–Crippen MR) is 71.8 cm³/mol. The average molecular weight is 308 g/mol. The van der Waals surface area contributed by atoms with E-state index < -0.39 is 16.0 Å². The van der Waals surface area contributed by atoms with Crippen molar-refractivity contribution in [2.24, 2.45) is 0 Å². The van der Waals surface area contributed by atoms with Crippen molar-refractivity contribution in [1.82, 2.24) is 10.2 Å². The van der Waals surface area contributed by atoms with Crippen molar-refractivity contribution >= 4 is 33.4 Å². The summed E-state index contributed by atoms with van der Waals surface area (Å²) in [6.45, 7) is 3.51. The minimum atomic E-state index is -3.57. The number of H-pyrrole nitrogens is 1. The molecule has 7 nitrogen and oxygen atoms in total. The number of halogens is 1. The van der Waals surface area contributed by atoms with Gasteiger partial charge in [0, 0.05) is 0 Å². The van der Waals surface area contributed by atoms with Gasteiger partial charge in [-0.25, -0.2) is 13.2 Å². The number of aromatic nitrogens is 2. The third kappa shape index (κ3) is 4.25. The van der Waals surface area contributed by atoms with Crippen LogP contribution in [0.1, 0.15) is 23.3 Å². The molecule has 1 rings (SSSR count). The molecule has 0 unspecified atom stereocenters. The SMILES string of the molecule is C=CCCCS(=O)(=O)Nc1n[nH]c(C(=O)OC)c1Cl. The number of nitrogens with one attached hydrogen (secondary N) is 2. The Bertz CT molecular complexity index is 567. The fourth-order valence-corrected chi connectivity index (χ4v) is 2.61. The maximum atomic E-state index is 11.7. The minimum absolute atomic E-state index is 0.0875. The highest BCUT2D eigenvalue weighted by Crippen LogP contribution is 2.24. The summed E-state index contributed by atoms with van der Waals surface area (Å²) in [5, 5.41) is 5.82. The van der Waals surface area contributed by atoms with Crippen LogP contribution in [0.4, 0.5) is 5.82 Å². The highest BCUT2D eigenvalue weighted by molar-refractivity contribution is 7.92. The molecule has 0 bridgehead atoms. The van der Waals surface area contributed by atoms with Crippen LogP contribution >= 0.6 is 11.6 Å². The lowest BCUT2D eigenvalue weighted by atomic mass is 10.3. The van der Waals surface area contributed by atoms with Gasteiger partial charge in [-0.2, -0.15) is 5.10 Å². The van der Waals surface area contributed by atoms with Crippen LogP contribution in [-0.2, 0) is 14.8 Å². The largest absolute Gasteiger partial charge is 0.464 e. The maximum Gasteiger partial charge on any atom is 0.357 e. The number of aromatic amines is 1. The molecule has 0 aromatic carbocycles. The predicted octanol–water partition coefficient (Wildman–Crippen LogP) is 1.56. The molecule has 0 radical (unpaired) electrons. The van der Waals surface area contributed by atoms with Gasteiger partial charge in [-0.15, -0.1) is 6.58 Å². The molecule has 0 saturated heterocycles. The molecular formula is C10H14ClN3O4S. The third-order valence-corrected chi connectivity index (χ3v) is 3.87. The van der Waals surface area contributed by atoms with Crippen molar-refractivity contribution in [3.05, 3.63) is 23.4 Å². The number of unbranched alkanes of at least 4 members (excludes halogenated alkanes) is 1. The van der Waals surface area contributed by atoms with E-state index in [1.54, 1.807) is 6.08 Å². The van der Waals surface area contributed by atoms with E-state index in [-0.39, 0.29) is 22.3 Å². The van der Waals surface area contributed by atoms with Gasteiger partial charge in [0.15, 0.2) is 11.5 Å². The molecule has 1 aromatic heterocycles. The molecule has 0 fully saturated rings. The monoisotopic (exact) mass is 307 g/mol. The summed E-state index contributed by atoms with van der Waals surface area (Å²) in [6, 6.07) is 0. The molecule has 1 heterocycles. The fourth-order valence-electron chi connectivity index (χ4n) is 1.25. The van der Waals surface area contributed by atoms with Crippen LogP contribution in [0.2, 0.25) is 5.02 Å². The van der Waals surface area contributed by atoms with Gasteiger partial charge < -0.3 is 4.74 Å². The number of sulfonamides is 1. The Morgan fingerprint density at radius 1 is 1.63 bits per heavy atom. The summed E-state index contributed by atoms with van der Waals surface area (Å²) in [4.78, 5) is 11.3. The van der Waals surface area contributed by atoms with Crippen molar-refractivity contribution in [1.29, 1.82) is 0 Å². The quantitative estimate of drug-likeness (QED) is 0.452. The number of esters is 1. The number of allylic oxidation sites excluding steroid dienone is 1. The Hall–Kier alpha value is -1.54. The molecule has 19 heavy (non-hydrogen) atoms. The zero-order valence-electron chi connectivity index (χ0n) is 10.3. The Morgan fingerprint density at radius 3 is 2.89 bits per heavy atom. The number of rotatable bonds is 7. The molecule has 106 valence electrons. The molecule has 1 aromatic rings. The third-order valence-electron chi connectivity index (χ3n) is 2.17. The number of anilines is 1. The van der Waals surface area contributed by atoms with Crippen LogP contribution in [0.5, 0.6) is 0 Å². The molecule has 0 atom stereocenters. The second kappa shape index (κ2) is 6.58. The number of nitrogens with zero attached hydrogens (tertiary/aromatic N) is 1. The molecule has 2 N–H and O–H groups in total. The first-order valence-corrected chi connectivity index (χ1v) is 7.38. The van der Waals surface area contributed by atoms with Crippen LogP contribution in [0, 0.1) is 0 Å². The summed E-state index contributed by atoms with van der Waals surface area (Å²) in [7, 11) is -2.39. The fraction of sp³-hybridized carbons (Fsp3) is 0.400.